The van der Waals surface area contributed by atoms with Crippen molar-refractivity contribution in [3.05, 3.63) is 41.9 Å². The minimum atomic E-state index is -0.877. The SMILES string of the molecule is CC(C)(C)c1ccc(-c2cn3c(n2)C(N)CC(F)C3)cc1. The highest BCUT2D eigenvalue weighted by atomic mass is 19.1. The Morgan fingerprint density at radius 2 is 1.90 bits per heavy atom. The quantitative estimate of drug-likeness (QED) is 0.871. The lowest BCUT2D eigenvalue weighted by Crippen LogP contribution is -2.29. The Kier molecular flexibility index (Phi) is 3.36. The van der Waals surface area contributed by atoms with Crippen LogP contribution >= 0.6 is 0 Å². The van der Waals surface area contributed by atoms with E-state index in [4.69, 9.17) is 5.73 Å². The summed E-state index contributed by atoms with van der Waals surface area (Å²) in [5.41, 5.74) is 9.33. The van der Waals surface area contributed by atoms with Crippen LogP contribution in [0.2, 0.25) is 0 Å². The van der Waals surface area contributed by atoms with Crippen LogP contribution in [0.25, 0.3) is 11.3 Å². The largest absolute Gasteiger partial charge is 0.330 e. The Bertz CT molecular complexity index is 637. The van der Waals surface area contributed by atoms with Gasteiger partial charge in [-0.05, 0) is 11.0 Å². The van der Waals surface area contributed by atoms with Gasteiger partial charge in [-0.3, -0.25) is 0 Å². The van der Waals surface area contributed by atoms with Gasteiger partial charge in [-0.1, -0.05) is 45.0 Å². The Morgan fingerprint density at radius 3 is 2.52 bits per heavy atom. The van der Waals surface area contributed by atoms with Crippen LogP contribution in [0, 0.1) is 0 Å². The molecule has 2 aromatic rings. The average Bonchev–Trinajstić information content (AvgIpc) is 2.82. The summed E-state index contributed by atoms with van der Waals surface area (Å²) in [4.78, 5) is 4.60. The third-order valence-corrected chi connectivity index (χ3v) is 4.09. The van der Waals surface area contributed by atoms with Gasteiger partial charge in [0.25, 0.3) is 0 Å². The van der Waals surface area contributed by atoms with Crippen LogP contribution in [-0.4, -0.2) is 15.7 Å². The molecule has 112 valence electrons. The Morgan fingerprint density at radius 1 is 1.24 bits per heavy atom. The minimum Gasteiger partial charge on any atom is -0.330 e. The highest BCUT2D eigenvalue weighted by molar-refractivity contribution is 5.59. The molecule has 1 aliphatic rings. The van der Waals surface area contributed by atoms with Crippen molar-refractivity contribution in [2.75, 3.05) is 0 Å². The molecule has 0 saturated heterocycles. The summed E-state index contributed by atoms with van der Waals surface area (Å²) in [6.45, 7) is 6.93. The maximum Gasteiger partial charge on any atom is 0.126 e. The first kappa shape index (κ1) is 14.3. The number of benzene rings is 1. The van der Waals surface area contributed by atoms with Crippen LogP contribution in [0.1, 0.15) is 44.6 Å². The predicted molar refractivity (Wildman–Crippen MR) is 82.8 cm³/mol. The number of nitrogens with two attached hydrogens (primary N) is 1. The molecule has 0 bridgehead atoms. The molecule has 2 unspecified atom stereocenters. The molecule has 4 heteroatoms. The predicted octanol–water partition coefficient (Wildman–Crippen LogP) is 3.59. The zero-order valence-corrected chi connectivity index (χ0v) is 12.8. The van der Waals surface area contributed by atoms with E-state index in [1.165, 1.54) is 5.56 Å². The van der Waals surface area contributed by atoms with Gasteiger partial charge in [0, 0.05) is 18.2 Å². The molecule has 2 N–H and O–H groups in total. The molecule has 3 rings (SSSR count). The van der Waals surface area contributed by atoms with Crippen LogP contribution in [0.15, 0.2) is 30.5 Å². The molecule has 0 amide bonds. The van der Waals surface area contributed by atoms with Crippen LogP contribution in [0.5, 0.6) is 0 Å². The molecule has 2 heterocycles. The zero-order valence-electron chi connectivity index (χ0n) is 12.8. The molecule has 0 saturated carbocycles. The van der Waals surface area contributed by atoms with E-state index in [9.17, 15) is 4.39 Å². The first-order valence-electron chi connectivity index (χ1n) is 7.42. The fourth-order valence-corrected chi connectivity index (χ4v) is 2.82. The van der Waals surface area contributed by atoms with Crippen LogP contribution in [-0.2, 0) is 12.0 Å². The van der Waals surface area contributed by atoms with E-state index in [1.54, 1.807) is 0 Å². The van der Waals surface area contributed by atoms with Crippen LogP contribution in [0.4, 0.5) is 4.39 Å². The van der Waals surface area contributed by atoms with E-state index >= 15 is 0 Å². The summed E-state index contributed by atoms with van der Waals surface area (Å²) < 4.78 is 15.4. The standard InChI is InChI=1S/C17H22FN3/c1-17(2,3)12-6-4-11(5-7-12)15-10-21-9-13(18)8-14(19)16(21)20-15/h4-7,10,13-14H,8-9,19H2,1-3H3. The molecule has 0 aliphatic carbocycles. The normalized spacial score (nSPS) is 22.1. The van der Waals surface area contributed by atoms with E-state index in [0.717, 1.165) is 17.1 Å². The van der Waals surface area contributed by atoms with Crippen molar-refractivity contribution in [1.29, 1.82) is 0 Å². The summed E-state index contributed by atoms with van der Waals surface area (Å²) in [7, 11) is 0. The third-order valence-electron chi connectivity index (χ3n) is 4.09. The van der Waals surface area contributed by atoms with Crippen molar-refractivity contribution in [3.63, 3.8) is 0 Å². The molecule has 21 heavy (non-hydrogen) atoms. The first-order valence-corrected chi connectivity index (χ1v) is 7.42. The van der Waals surface area contributed by atoms with E-state index < -0.39 is 6.17 Å². The van der Waals surface area contributed by atoms with E-state index in [0.29, 0.717) is 13.0 Å². The van der Waals surface area contributed by atoms with Crippen molar-refractivity contribution in [2.45, 2.75) is 51.4 Å². The Labute approximate surface area is 125 Å². The van der Waals surface area contributed by atoms with Crippen LogP contribution in [0.3, 0.4) is 0 Å². The number of hydrogen-bond donors (Lipinski definition) is 1. The van der Waals surface area contributed by atoms with Gasteiger partial charge in [0.2, 0.25) is 0 Å². The van der Waals surface area contributed by atoms with Gasteiger partial charge < -0.3 is 10.3 Å². The fraction of sp³-hybridized carbons (Fsp3) is 0.471. The summed E-state index contributed by atoms with van der Waals surface area (Å²) in [6.07, 6.45) is 1.39. The molecule has 0 radical (unpaired) electrons. The van der Waals surface area contributed by atoms with Gasteiger partial charge in [0.1, 0.15) is 12.0 Å². The average molecular weight is 287 g/mol. The topological polar surface area (TPSA) is 43.8 Å². The van der Waals surface area contributed by atoms with Crippen molar-refractivity contribution in [1.82, 2.24) is 9.55 Å². The van der Waals surface area contributed by atoms with Gasteiger partial charge in [-0.2, -0.15) is 0 Å². The molecule has 0 spiro atoms. The molecule has 1 aromatic heterocycles. The second-order valence-electron chi connectivity index (χ2n) is 6.90. The second-order valence-corrected chi connectivity index (χ2v) is 6.90. The number of rotatable bonds is 1. The van der Waals surface area contributed by atoms with Gasteiger partial charge >= 0.3 is 0 Å². The summed E-state index contributed by atoms with van der Waals surface area (Å²) in [5, 5.41) is 0. The highest BCUT2D eigenvalue weighted by Crippen LogP contribution is 2.29. The third kappa shape index (κ3) is 2.72. The minimum absolute atomic E-state index is 0.135. The molecule has 2 atom stereocenters. The number of hydrogen-bond acceptors (Lipinski definition) is 2. The molecule has 1 aromatic carbocycles. The van der Waals surface area contributed by atoms with Gasteiger partial charge in [-0.25, -0.2) is 9.37 Å². The highest BCUT2D eigenvalue weighted by Gasteiger charge is 2.26. The lowest BCUT2D eigenvalue weighted by molar-refractivity contribution is 0.230. The van der Waals surface area contributed by atoms with Crippen molar-refractivity contribution in [3.8, 4) is 11.3 Å². The molecule has 3 nitrogen and oxygen atoms in total. The molecule has 0 fully saturated rings. The fourth-order valence-electron chi connectivity index (χ4n) is 2.82. The van der Waals surface area contributed by atoms with Gasteiger partial charge in [-0.15, -0.1) is 0 Å². The smallest absolute Gasteiger partial charge is 0.126 e. The van der Waals surface area contributed by atoms with Gasteiger partial charge in [0.05, 0.1) is 18.3 Å². The first-order chi connectivity index (χ1) is 9.84. The molecule has 1 aliphatic heterocycles. The number of imidazole rings is 1. The number of nitrogens with zero attached hydrogens (tertiary/aromatic N) is 2. The monoisotopic (exact) mass is 287 g/mol. The van der Waals surface area contributed by atoms with Crippen molar-refractivity contribution >= 4 is 0 Å². The lowest BCUT2D eigenvalue weighted by Gasteiger charge is -2.22. The zero-order chi connectivity index (χ0) is 15.2. The maximum atomic E-state index is 13.6. The van der Waals surface area contributed by atoms with Crippen LogP contribution < -0.4 is 5.73 Å². The Balaban J connectivity index is 1.93. The maximum absolute atomic E-state index is 13.6. The second kappa shape index (κ2) is 4.95. The molecular weight excluding hydrogens is 265 g/mol. The summed E-state index contributed by atoms with van der Waals surface area (Å²) in [5.74, 6) is 0.791. The number of aromatic nitrogens is 2. The summed E-state index contributed by atoms with van der Waals surface area (Å²) in [6, 6.07) is 8.11. The molecular formula is C17H22FN3. The van der Waals surface area contributed by atoms with Gasteiger partial charge in [0.15, 0.2) is 0 Å². The number of alkyl halides is 1. The van der Waals surface area contributed by atoms with E-state index in [-0.39, 0.29) is 11.5 Å². The van der Waals surface area contributed by atoms with E-state index in [2.05, 4.69) is 50.0 Å². The van der Waals surface area contributed by atoms with Crippen molar-refractivity contribution < 1.29 is 4.39 Å². The Hall–Kier alpha value is -1.68. The lowest BCUT2D eigenvalue weighted by atomic mass is 9.86. The summed E-state index contributed by atoms with van der Waals surface area (Å²) >= 11 is 0. The number of halogens is 1. The number of fused-ring (bicyclic) bond motifs is 1. The van der Waals surface area contributed by atoms with Crippen molar-refractivity contribution in [2.24, 2.45) is 5.73 Å². The van der Waals surface area contributed by atoms with E-state index in [1.807, 2.05) is 10.8 Å².